The van der Waals surface area contributed by atoms with Gasteiger partial charge < -0.3 is 16.0 Å². The lowest BCUT2D eigenvalue weighted by atomic mass is 10.2. The van der Waals surface area contributed by atoms with Gasteiger partial charge in [-0.3, -0.25) is 19.7 Å². The average molecular weight is 295 g/mol. The van der Waals surface area contributed by atoms with Crippen molar-refractivity contribution in [3.05, 3.63) is 27.9 Å². The van der Waals surface area contributed by atoms with Crippen LogP contribution in [0.25, 0.3) is 0 Å². The molecule has 9 nitrogen and oxygen atoms in total. The van der Waals surface area contributed by atoms with Crippen LogP contribution in [0, 0.1) is 10.1 Å². The summed E-state index contributed by atoms with van der Waals surface area (Å²) in [6.45, 7) is 3.72. The molecule has 1 aromatic heterocycles. The Morgan fingerprint density at radius 2 is 2.14 bits per heavy atom. The molecule has 1 rings (SSSR count). The Labute approximate surface area is 121 Å². The molecule has 2 amide bonds. The summed E-state index contributed by atoms with van der Waals surface area (Å²) in [6.07, 6.45) is 1.05. The number of nitro groups is 1. The third kappa shape index (κ3) is 4.13. The van der Waals surface area contributed by atoms with E-state index >= 15 is 0 Å². The van der Waals surface area contributed by atoms with Gasteiger partial charge in [-0.1, -0.05) is 0 Å². The number of hydrogen-bond acceptors (Lipinski definition) is 6. The summed E-state index contributed by atoms with van der Waals surface area (Å²) < 4.78 is 0. The maximum absolute atomic E-state index is 12.1. The molecular formula is C12H17N5O4. The van der Waals surface area contributed by atoms with Gasteiger partial charge in [-0.25, -0.2) is 4.98 Å². The second-order valence-corrected chi connectivity index (χ2v) is 4.19. The summed E-state index contributed by atoms with van der Waals surface area (Å²) in [5.41, 5.74) is -0.298. The summed E-state index contributed by atoms with van der Waals surface area (Å²) in [4.78, 5) is 37.6. The molecule has 0 aromatic carbocycles. The molecule has 1 aromatic rings. The molecule has 0 aliphatic rings. The predicted octanol–water partition coefficient (Wildman–Crippen LogP) is 0.286. The summed E-state index contributed by atoms with van der Waals surface area (Å²) >= 11 is 0. The number of carbonyl (C=O) groups excluding carboxylic acids is 2. The first-order valence-corrected chi connectivity index (χ1v) is 6.31. The number of pyridine rings is 1. The summed E-state index contributed by atoms with van der Waals surface area (Å²) in [7, 11) is 1.54. The molecule has 1 heterocycles. The number of likely N-dealkylation sites (N-methyl/N-ethyl adjacent to an activating group) is 1. The molecule has 9 heteroatoms. The normalized spacial score (nSPS) is 11.4. The lowest BCUT2D eigenvalue weighted by Crippen LogP contribution is -2.44. The van der Waals surface area contributed by atoms with Crippen molar-refractivity contribution in [3.63, 3.8) is 0 Å². The molecular weight excluding hydrogens is 278 g/mol. The molecule has 0 bridgehead atoms. The van der Waals surface area contributed by atoms with Crippen molar-refractivity contribution in [2.24, 2.45) is 0 Å². The largest absolute Gasteiger partial charge is 0.372 e. The number of rotatable bonds is 6. The van der Waals surface area contributed by atoms with Gasteiger partial charge in [0.15, 0.2) is 0 Å². The molecule has 114 valence electrons. The average Bonchev–Trinajstić information content (AvgIpc) is 2.46. The van der Waals surface area contributed by atoms with Crippen molar-refractivity contribution in [3.8, 4) is 0 Å². The van der Waals surface area contributed by atoms with Crippen LogP contribution in [0.3, 0.4) is 0 Å². The van der Waals surface area contributed by atoms with E-state index in [9.17, 15) is 19.7 Å². The fourth-order valence-corrected chi connectivity index (χ4v) is 1.59. The summed E-state index contributed by atoms with van der Waals surface area (Å²) in [5, 5.41) is 18.5. The Bertz CT molecular complexity index is 561. The van der Waals surface area contributed by atoms with Crippen LogP contribution in [0.5, 0.6) is 0 Å². The quantitative estimate of drug-likeness (QED) is 0.511. The molecule has 0 aliphatic carbocycles. The highest BCUT2D eigenvalue weighted by molar-refractivity contribution is 6.01. The van der Waals surface area contributed by atoms with Crippen LogP contribution in [0.15, 0.2) is 12.3 Å². The Hall–Kier alpha value is -2.71. The van der Waals surface area contributed by atoms with Crippen LogP contribution >= 0.6 is 0 Å². The van der Waals surface area contributed by atoms with Crippen LogP contribution in [0.4, 0.5) is 11.5 Å². The molecule has 0 saturated carbocycles. The lowest BCUT2D eigenvalue weighted by Gasteiger charge is -2.14. The summed E-state index contributed by atoms with van der Waals surface area (Å²) in [5.74, 6) is -0.759. The molecule has 21 heavy (non-hydrogen) atoms. The van der Waals surface area contributed by atoms with Crippen molar-refractivity contribution in [2.45, 2.75) is 19.9 Å². The fraction of sp³-hybridized carbons (Fsp3) is 0.417. The predicted molar refractivity (Wildman–Crippen MR) is 76.1 cm³/mol. The molecule has 0 fully saturated rings. The van der Waals surface area contributed by atoms with E-state index in [0.717, 1.165) is 12.3 Å². The highest BCUT2D eigenvalue weighted by Crippen LogP contribution is 2.18. The number of aromatic nitrogens is 1. The zero-order valence-corrected chi connectivity index (χ0v) is 12.0. The Morgan fingerprint density at radius 1 is 1.48 bits per heavy atom. The van der Waals surface area contributed by atoms with E-state index in [1.54, 1.807) is 6.92 Å². The first kappa shape index (κ1) is 16.3. The highest BCUT2D eigenvalue weighted by Gasteiger charge is 2.21. The first-order chi connectivity index (χ1) is 9.90. The second-order valence-electron chi connectivity index (χ2n) is 4.19. The first-order valence-electron chi connectivity index (χ1n) is 6.31. The Kier molecular flexibility index (Phi) is 5.58. The SMILES string of the molecule is CCNC(=O)C(C)NC(=O)c1cc([N+](=O)[O-])cnc1NC. The fourth-order valence-electron chi connectivity index (χ4n) is 1.59. The monoisotopic (exact) mass is 295 g/mol. The van der Waals surface area contributed by atoms with Gasteiger partial charge >= 0.3 is 0 Å². The maximum Gasteiger partial charge on any atom is 0.288 e. The van der Waals surface area contributed by atoms with Crippen molar-refractivity contribution in [1.29, 1.82) is 0 Å². The minimum Gasteiger partial charge on any atom is -0.372 e. The number of nitrogens with one attached hydrogen (secondary N) is 3. The van der Waals surface area contributed by atoms with E-state index in [2.05, 4.69) is 20.9 Å². The van der Waals surface area contributed by atoms with Gasteiger partial charge in [-0.05, 0) is 13.8 Å². The van der Waals surface area contributed by atoms with E-state index in [1.807, 2.05) is 0 Å². The zero-order chi connectivity index (χ0) is 16.0. The van der Waals surface area contributed by atoms with Gasteiger partial charge in [0, 0.05) is 19.7 Å². The van der Waals surface area contributed by atoms with Gasteiger partial charge in [-0.15, -0.1) is 0 Å². The van der Waals surface area contributed by atoms with Gasteiger partial charge in [0.1, 0.15) is 18.1 Å². The third-order valence-electron chi connectivity index (χ3n) is 2.66. The van der Waals surface area contributed by atoms with E-state index in [-0.39, 0.29) is 23.0 Å². The van der Waals surface area contributed by atoms with Crippen molar-refractivity contribution in [2.75, 3.05) is 18.9 Å². The Morgan fingerprint density at radius 3 is 2.67 bits per heavy atom. The standard InChI is InChI=1S/C12H17N5O4/c1-4-14-11(18)7(2)16-12(19)9-5-8(17(20)21)6-15-10(9)13-3/h5-7H,4H2,1-3H3,(H,13,15)(H,14,18)(H,16,19). The smallest absolute Gasteiger partial charge is 0.288 e. The molecule has 0 radical (unpaired) electrons. The number of amides is 2. The zero-order valence-electron chi connectivity index (χ0n) is 12.0. The summed E-state index contributed by atoms with van der Waals surface area (Å²) in [6, 6.07) is 0.347. The second kappa shape index (κ2) is 7.17. The van der Waals surface area contributed by atoms with Gasteiger partial charge in [-0.2, -0.15) is 0 Å². The number of nitrogens with zero attached hydrogens (tertiary/aromatic N) is 2. The van der Waals surface area contributed by atoms with Crippen LogP contribution in [-0.2, 0) is 4.79 Å². The topological polar surface area (TPSA) is 126 Å². The molecule has 1 unspecified atom stereocenters. The van der Waals surface area contributed by atoms with E-state index in [0.29, 0.717) is 6.54 Å². The van der Waals surface area contributed by atoms with Crippen LogP contribution in [0.2, 0.25) is 0 Å². The molecule has 0 spiro atoms. The molecule has 0 aliphatic heterocycles. The highest BCUT2D eigenvalue weighted by atomic mass is 16.6. The van der Waals surface area contributed by atoms with Crippen molar-refractivity contribution < 1.29 is 14.5 Å². The van der Waals surface area contributed by atoms with Gasteiger partial charge in [0.2, 0.25) is 5.91 Å². The van der Waals surface area contributed by atoms with E-state index < -0.39 is 16.9 Å². The minimum atomic E-state index is -0.763. The minimum absolute atomic E-state index is 0.00264. The van der Waals surface area contributed by atoms with Crippen molar-refractivity contribution >= 4 is 23.3 Å². The Balaban J connectivity index is 2.97. The van der Waals surface area contributed by atoms with E-state index in [1.165, 1.54) is 14.0 Å². The number of hydrogen-bond donors (Lipinski definition) is 3. The third-order valence-corrected chi connectivity index (χ3v) is 2.66. The molecule has 0 saturated heterocycles. The van der Waals surface area contributed by atoms with Crippen LogP contribution in [-0.4, -0.2) is 41.4 Å². The van der Waals surface area contributed by atoms with Crippen LogP contribution in [0.1, 0.15) is 24.2 Å². The maximum atomic E-state index is 12.1. The lowest BCUT2D eigenvalue weighted by molar-refractivity contribution is -0.385. The van der Waals surface area contributed by atoms with E-state index in [4.69, 9.17) is 0 Å². The van der Waals surface area contributed by atoms with Gasteiger partial charge in [0.25, 0.3) is 11.6 Å². The van der Waals surface area contributed by atoms with Crippen molar-refractivity contribution in [1.82, 2.24) is 15.6 Å². The number of anilines is 1. The van der Waals surface area contributed by atoms with Crippen LogP contribution < -0.4 is 16.0 Å². The number of carbonyl (C=O) groups is 2. The molecule has 1 atom stereocenters. The molecule has 3 N–H and O–H groups in total. The van der Waals surface area contributed by atoms with Gasteiger partial charge in [0.05, 0.1) is 10.5 Å².